The van der Waals surface area contributed by atoms with Gasteiger partial charge < -0.3 is 9.88 Å². The smallest absolute Gasteiger partial charge is 0.0483 e. The molecule has 2 nitrogen and oxygen atoms in total. The van der Waals surface area contributed by atoms with Crippen molar-refractivity contribution in [3.8, 4) is 0 Å². The van der Waals surface area contributed by atoms with E-state index in [-0.39, 0.29) is 0 Å². The number of nitrogens with one attached hydrogen (secondary N) is 1. The maximum Gasteiger partial charge on any atom is 0.0483 e. The predicted molar refractivity (Wildman–Crippen MR) is 83.4 cm³/mol. The molecule has 0 saturated carbocycles. The first-order valence-corrected chi connectivity index (χ1v) is 7.53. The first-order chi connectivity index (χ1) is 9.24. The molecule has 0 fully saturated rings. The third kappa shape index (κ3) is 3.60. The van der Waals surface area contributed by atoms with Gasteiger partial charge >= 0.3 is 0 Å². The molecule has 0 aliphatic heterocycles. The van der Waals surface area contributed by atoms with Crippen LogP contribution in [0.15, 0.2) is 30.5 Å². The molecule has 0 bridgehead atoms. The molecule has 0 aliphatic rings. The number of rotatable bonds is 7. The van der Waals surface area contributed by atoms with Gasteiger partial charge in [-0.25, -0.2) is 0 Å². The second-order valence-electron chi connectivity index (χ2n) is 5.55. The van der Waals surface area contributed by atoms with Gasteiger partial charge in [0.05, 0.1) is 0 Å². The fourth-order valence-corrected chi connectivity index (χ4v) is 2.37. The SMILES string of the molecule is CCCNCc1ccc2ccn(CC(C)CC)c2c1. The minimum absolute atomic E-state index is 0.734. The zero-order valence-electron chi connectivity index (χ0n) is 12.4. The highest BCUT2D eigenvalue weighted by Crippen LogP contribution is 2.19. The van der Waals surface area contributed by atoms with E-state index in [4.69, 9.17) is 0 Å². The highest BCUT2D eigenvalue weighted by molar-refractivity contribution is 5.80. The van der Waals surface area contributed by atoms with Crippen molar-refractivity contribution in [2.75, 3.05) is 6.54 Å². The molecule has 2 heteroatoms. The highest BCUT2D eigenvalue weighted by atomic mass is 15.0. The highest BCUT2D eigenvalue weighted by Gasteiger charge is 2.05. The van der Waals surface area contributed by atoms with Gasteiger partial charge in [0.15, 0.2) is 0 Å². The Morgan fingerprint density at radius 1 is 1.21 bits per heavy atom. The second kappa shape index (κ2) is 6.76. The summed E-state index contributed by atoms with van der Waals surface area (Å²) in [4.78, 5) is 0. The van der Waals surface area contributed by atoms with Gasteiger partial charge in [-0.15, -0.1) is 0 Å². The summed E-state index contributed by atoms with van der Waals surface area (Å²) in [7, 11) is 0. The van der Waals surface area contributed by atoms with E-state index < -0.39 is 0 Å². The minimum atomic E-state index is 0.734. The van der Waals surface area contributed by atoms with E-state index in [0.717, 1.165) is 25.6 Å². The lowest BCUT2D eigenvalue weighted by Gasteiger charge is -2.12. The normalized spacial score (nSPS) is 13.0. The van der Waals surface area contributed by atoms with Gasteiger partial charge in [0.1, 0.15) is 0 Å². The monoisotopic (exact) mass is 258 g/mol. The molecule has 1 unspecified atom stereocenters. The first kappa shape index (κ1) is 14.1. The zero-order valence-corrected chi connectivity index (χ0v) is 12.4. The van der Waals surface area contributed by atoms with Crippen molar-refractivity contribution in [3.05, 3.63) is 36.0 Å². The molecule has 0 radical (unpaired) electrons. The molecule has 0 aliphatic carbocycles. The Hall–Kier alpha value is -1.28. The van der Waals surface area contributed by atoms with Crippen molar-refractivity contribution in [1.29, 1.82) is 0 Å². The minimum Gasteiger partial charge on any atom is -0.347 e. The molecule has 0 amide bonds. The number of benzene rings is 1. The number of fused-ring (bicyclic) bond motifs is 1. The van der Waals surface area contributed by atoms with Gasteiger partial charge in [-0.1, -0.05) is 39.3 Å². The van der Waals surface area contributed by atoms with Crippen LogP contribution in [0, 0.1) is 5.92 Å². The Balaban J connectivity index is 2.17. The summed E-state index contributed by atoms with van der Waals surface area (Å²) in [5, 5.41) is 4.82. The largest absolute Gasteiger partial charge is 0.347 e. The third-order valence-electron chi connectivity index (χ3n) is 3.80. The van der Waals surface area contributed by atoms with E-state index >= 15 is 0 Å². The third-order valence-corrected chi connectivity index (χ3v) is 3.80. The average molecular weight is 258 g/mol. The molecule has 1 N–H and O–H groups in total. The van der Waals surface area contributed by atoms with E-state index in [1.165, 1.54) is 29.3 Å². The summed E-state index contributed by atoms with van der Waals surface area (Å²) < 4.78 is 2.40. The summed E-state index contributed by atoms with van der Waals surface area (Å²) in [6.45, 7) is 9.96. The maximum absolute atomic E-state index is 3.47. The lowest BCUT2D eigenvalue weighted by Crippen LogP contribution is -2.13. The van der Waals surface area contributed by atoms with Crippen LogP contribution in [-0.2, 0) is 13.1 Å². The van der Waals surface area contributed by atoms with E-state index in [2.05, 4.69) is 61.1 Å². The quantitative estimate of drug-likeness (QED) is 0.737. The topological polar surface area (TPSA) is 17.0 Å². The van der Waals surface area contributed by atoms with Crippen molar-refractivity contribution < 1.29 is 0 Å². The molecule has 0 spiro atoms. The van der Waals surface area contributed by atoms with Gasteiger partial charge in [-0.3, -0.25) is 0 Å². The molecular formula is C17H26N2. The molecule has 19 heavy (non-hydrogen) atoms. The van der Waals surface area contributed by atoms with Crippen molar-refractivity contribution >= 4 is 10.9 Å². The summed E-state index contributed by atoms with van der Waals surface area (Å²) in [6.07, 6.45) is 4.64. The second-order valence-corrected chi connectivity index (χ2v) is 5.55. The molecule has 1 aromatic carbocycles. The number of hydrogen-bond acceptors (Lipinski definition) is 1. The molecule has 104 valence electrons. The van der Waals surface area contributed by atoms with Crippen LogP contribution in [0.25, 0.3) is 10.9 Å². The van der Waals surface area contributed by atoms with Crippen LogP contribution in [0.5, 0.6) is 0 Å². The van der Waals surface area contributed by atoms with Crippen molar-refractivity contribution in [2.45, 2.75) is 46.7 Å². The van der Waals surface area contributed by atoms with Gasteiger partial charge in [-0.05, 0) is 42.0 Å². The molecule has 1 aromatic heterocycles. The molecule has 0 saturated heterocycles. The van der Waals surface area contributed by atoms with Crippen LogP contribution in [0.1, 0.15) is 39.2 Å². The Morgan fingerprint density at radius 2 is 2.05 bits per heavy atom. The fourth-order valence-electron chi connectivity index (χ4n) is 2.37. The lowest BCUT2D eigenvalue weighted by molar-refractivity contribution is 0.477. The Kier molecular flexibility index (Phi) is 5.03. The summed E-state index contributed by atoms with van der Waals surface area (Å²) in [5.41, 5.74) is 2.75. The predicted octanol–water partition coefficient (Wildman–Crippen LogP) is 4.19. The maximum atomic E-state index is 3.47. The molecule has 2 rings (SSSR count). The molecule has 2 aromatic rings. The van der Waals surface area contributed by atoms with Crippen molar-refractivity contribution in [2.24, 2.45) is 5.92 Å². The van der Waals surface area contributed by atoms with Crippen LogP contribution < -0.4 is 5.32 Å². The van der Waals surface area contributed by atoms with Crippen molar-refractivity contribution in [1.82, 2.24) is 9.88 Å². The van der Waals surface area contributed by atoms with Crippen LogP contribution >= 0.6 is 0 Å². The van der Waals surface area contributed by atoms with E-state index in [1.54, 1.807) is 0 Å². The van der Waals surface area contributed by atoms with E-state index in [9.17, 15) is 0 Å². The van der Waals surface area contributed by atoms with Gasteiger partial charge in [-0.2, -0.15) is 0 Å². The molecule has 1 atom stereocenters. The first-order valence-electron chi connectivity index (χ1n) is 7.53. The van der Waals surface area contributed by atoms with Crippen LogP contribution in [0.4, 0.5) is 0 Å². The lowest BCUT2D eigenvalue weighted by atomic mass is 10.1. The van der Waals surface area contributed by atoms with E-state index in [1.807, 2.05) is 0 Å². The van der Waals surface area contributed by atoms with Gasteiger partial charge in [0.2, 0.25) is 0 Å². The van der Waals surface area contributed by atoms with Crippen LogP contribution in [0.2, 0.25) is 0 Å². The number of aromatic nitrogens is 1. The number of hydrogen-bond donors (Lipinski definition) is 1. The van der Waals surface area contributed by atoms with Gasteiger partial charge in [0.25, 0.3) is 0 Å². The summed E-state index contributed by atoms with van der Waals surface area (Å²) in [6, 6.07) is 9.03. The Bertz CT molecular complexity index is 513. The van der Waals surface area contributed by atoms with Crippen molar-refractivity contribution in [3.63, 3.8) is 0 Å². The van der Waals surface area contributed by atoms with Crippen LogP contribution in [-0.4, -0.2) is 11.1 Å². The number of nitrogens with zero attached hydrogens (tertiary/aromatic N) is 1. The zero-order chi connectivity index (χ0) is 13.7. The summed E-state index contributed by atoms with van der Waals surface area (Å²) in [5.74, 6) is 0.734. The van der Waals surface area contributed by atoms with Gasteiger partial charge in [0, 0.05) is 24.8 Å². The fraction of sp³-hybridized carbons (Fsp3) is 0.529. The molecular weight excluding hydrogens is 232 g/mol. The van der Waals surface area contributed by atoms with E-state index in [0.29, 0.717) is 0 Å². The Labute approximate surface area is 116 Å². The molecule has 1 heterocycles. The summed E-state index contributed by atoms with van der Waals surface area (Å²) >= 11 is 0. The Morgan fingerprint density at radius 3 is 2.79 bits per heavy atom. The standard InChI is InChI=1S/C17H26N2/c1-4-9-18-12-15-6-7-16-8-10-19(17(16)11-15)13-14(3)5-2/h6-8,10-11,14,18H,4-5,9,12-13H2,1-3H3. The average Bonchev–Trinajstić information content (AvgIpc) is 2.82. The van der Waals surface area contributed by atoms with Crippen LogP contribution in [0.3, 0.4) is 0 Å².